The van der Waals surface area contributed by atoms with E-state index < -0.39 is 0 Å². The van der Waals surface area contributed by atoms with Gasteiger partial charge in [-0.15, -0.1) is 0 Å². The van der Waals surface area contributed by atoms with Crippen LogP contribution in [0.1, 0.15) is 20.3 Å². The van der Waals surface area contributed by atoms with Gasteiger partial charge in [-0.3, -0.25) is 9.36 Å². The monoisotopic (exact) mass is 335 g/mol. The second-order valence-corrected chi connectivity index (χ2v) is 7.03. The van der Waals surface area contributed by atoms with Crippen molar-refractivity contribution in [2.24, 2.45) is 5.92 Å². The third-order valence-electron chi connectivity index (χ3n) is 4.43. The van der Waals surface area contributed by atoms with Gasteiger partial charge in [0.2, 0.25) is 0 Å². The van der Waals surface area contributed by atoms with Crippen molar-refractivity contribution >= 4 is 16.6 Å². The molecular formula is C21H25N3O. The van der Waals surface area contributed by atoms with Gasteiger partial charge in [0.05, 0.1) is 10.9 Å². The minimum atomic E-state index is 0.0398. The summed E-state index contributed by atoms with van der Waals surface area (Å²) in [5.74, 6) is 1.27. The Hall–Kier alpha value is -2.62. The van der Waals surface area contributed by atoms with E-state index in [0.717, 1.165) is 29.0 Å². The van der Waals surface area contributed by atoms with E-state index in [-0.39, 0.29) is 5.56 Å². The van der Waals surface area contributed by atoms with E-state index in [1.807, 2.05) is 55.1 Å². The highest BCUT2D eigenvalue weighted by Crippen LogP contribution is 2.22. The lowest BCUT2D eigenvalue weighted by Gasteiger charge is -2.16. The third-order valence-corrected chi connectivity index (χ3v) is 4.43. The number of benzene rings is 2. The van der Waals surface area contributed by atoms with E-state index in [4.69, 9.17) is 4.98 Å². The Kier molecular flexibility index (Phi) is 4.88. The van der Waals surface area contributed by atoms with Gasteiger partial charge in [-0.2, -0.15) is 0 Å². The highest BCUT2D eigenvalue weighted by atomic mass is 16.1. The van der Waals surface area contributed by atoms with Gasteiger partial charge in [0.25, 0.3) is 5.56 Å². The number of hydrogen-bond donors (Lipinski definition) is 0. The zero-order valence-corrected chi connectivity index (χ0v) is 15.4. The summed E-state index contributed by atoms with van der Waals surface area (Å²) in [5, 5.41) is 0.680. The molecule has 0 saturated heterocycles. The summed E-state index contributed by atoms with van der Waals surface area (Å²) in [6, 6.07) is 15.8. The van der Waals surface area contributed by atoms with E-state index >= 15 is 0 Å². The molecule has 0 aliphatic rings. The molecule has 0 N–H and O–H groups in total. The lowest BCUT2D eigenvalue weighted by atomic mass is 10.1. The van der Waals surface area contributed by atoms with Crippen LogP contribution in [0.25, 0.3) is 22.3 Å². The zero-order chi connectivity index (χ0) is 18.0. The molecule has 0 spiro atoms. The van der Waals surface area contributed by atoms with Gasteiger partial charge in [-0.05, 0) is 48.7 Å². The molecule has 0 radical (unpaired) electrons. The van der Waals surface area contributed by atoms with Crippen molar-refractivity contribution in [3.05, 3.63) is 58.9 Å². The van der Waals surface area contributed by atoms with Crippen molar-refractivity contribution in [3.63, 3.8) is 0 Å². The van der Waals surface area contributed by atoms with Crippen LogP contribution in [-0.4, -0.2) is 23.6 Å². The van der Waals surface area contributed by atoms with Gasteiger partial charge >= 0.3 is 0 Å². The van der Waals surface area contributed by atoms with Crippen molar-refractivity contribution < 1.29 is 0 Å². The summed E-state index contributed by atoms with van der Waals surface area (Å²) in [7, 11) is 4.03. The third kappa shape index (κ3) is 3.58. The van der Waals surface area contributed by atoms with Crippen LogP contribution in [0.2, 0.25) is 0 Å². The Balaban J connectivity index is 2.17. The standard InChI is InChI=1S/C21H25N3O/c1-15(2)13-14-24-20(16-9-11-17(12-10-16)23(3)4)22-19-8-6-5-7-18(19)21(24)25/h5-12,15H,13-14H2,1-4H3. The Morgan fingerprint density at radius 3 is 2.36 bits per heavy atom. The molecule has 0 atom stereocenters. The van der Waals surface area contributed by atoms with Crippen LogP contribution in [0.4, 0.5) is 5.69 Å². The topological polar surface area (TPSA) is 38.1 Å². The molecular weight excluding hydrogens is 310 g/mol. The lowest BCUT2D eigenvalue weighted by Crippen LogP contribution is -2.24. The average molecular weight is 335 g/mol. The molecule has 0 bridgehead atoms. The maximum absolute atomic E-state index is 13.0. The predicted octanol–water partition coefficient (Wildman–Crippen LogP) is 4.18. The minimum absolute atomic E-state index is 0.0398. The van der Waals surface area contributed by atoms with Crippen molar-refractivity contribution in [1.29, 1.82) is 0 Å². The summed E-state index contributed by atoms with van der Waals surface area (Å²) in [5.41, 5.74) is 2.88. The zero-order valence-electron chi connectivity index (χ0n) is 15.4. The summed E-state index contributed by atoms with van der Waals surface area (Å²) in [6.07, 6.45) is 0.947. The largest absolute Gasteiger partial charge is 0.378 e. The van der Waals surface area contributed by atoms with Gasteiger partial charge in [0.15, 0.2) is 0 Å². The van der Waals surface area contributed by atoms with Gasteiger partial charge in [0, 0.05) is 31.9 Å². The lowest BCUT2D eigenvalue weighted by molar-refractivity contribution is 0.509. The quantitative estimate of drug-likeness (QED) is 0.702. The maximum Gasteiger partial charge on any atom is 0.261 e. The number of aromatic nitrogens is 2. The van der Waals surface area contributed by atoms with Gasteiger partial charge in [-0.1, -0.05) is 26.0 Å². The van der Waals surface area contributed by atoms with Crippen LogP contribution in [0.5, 0.6) is 0 Å². The Labute approximate surface area is 148 Å². The van der Waals surface area contributed by atoms with E-state index in [9.17, 15) is 4.79 Å². The van der Waals surface area contributed by atoms with Crippen LogP contribution in [0.15, 0.2) is 53.3 Å². The molecule has 0 unspecified atom stereocenters. The molecule has 1 aromatic heterocycles. The van der Waals surface area contributed by atoms with Crippen molar-refractivity contribution in [1.82, 2.24) is 9.55 Å². The fraction of sp³-hybridized carbons (Fsp3) is 0.333. The van der Waals surface area contributed by atoms with Gasteiger partial charge < -0.3 is 4.90 Å². The van der Waals surface area contributed by atoms with Crippen LogP contribution >= 0.6 is 0 Å². The minimum Gasteiger partial charge on any atom is -0.378 e. The predicted molar refractivity (Wildman–Crippen MR) is 105 cm³/mol. The number of para-hydroxylation sites is 1. The number of hydrogen-bond acceptors (Lipinski definition) is 3. The van der Waals surface area contributed by atoms with Crippen molar-refractivity contribution in [2.75, 3.05) is 19.0 Å². The Morgan fingerprint density at radius 1 is 1.04 bits per heavy atom. The number of fused-ring (bicyclic) bond motifs is 1. The molecule has 0 aliphatic carbocycles. The van der Waals surface area contributed by atoms with Crippen LogP contribution in [0, 0.1) is 5.92 Å². The first kappa shape index (κ1) is 17.2. The fourth-order valence-electron chi connectivity index (χ4n) is 2.89. The summed E-state index contributed by atoms with van der Waals surface area (Å²) in [6.45, 7) is 5.02. The number of nitrogens with zero attached hydrogens (tertiary/aromatic N) is 3. The fourth-order valence-corrected chi connectivity index (χ4v) is 2.89. The highest BCUT2D eigenvalue weighted by Gasteiger charge is 2.13. The Morgan fingerprint density at radius 2 is 1.72 bits per heavy atom. The highest BCUT2D eigenvalue weighted by molar-refractivity contribution is 5.79. The van der Waals surface area contributed by atoms with E-state index in [1.165, 1.54) is 0 Å². The first-order valence-corrected chi connectivity index (χ1v) is 8.74. The van der Waals surface area contributed by atoms with E-state index in [1.54, 1.807) is 0 Å². The molecule has 0 fully saturated rings. The molecule has 25 heavy (non-hydrogen) atoms. The molecule has 4 heteroatoms. The molecule has 0 aliphatic heterocycles. The number of anilines is 1. The average Bonchev–Trinajstić information content (AvgIpc) is 2.60. The molecule has 0 amide bonds. The normalized spacial score (nSPS) is 11.2. The smallest absolute Gasteiger partial charge is 0.261 e. The van der Waals surface area contributed by atoms with Crippen LogP contribution in [-0.2, 0) is 6.54 Å². The molecule has 3 rings (SSSR count). The summed E-state index contributed by atoms with van der Waals surface area (Å²) < 4.78 is 1.83. The number of rotatable bonds is 5. The van der Waals surface area contributed by atoms with E-state index in [0.29, 0.717) is 17.8 Å². The molecule has 0 saturated carbocycles. The first-order chi connectivity index (χ1) is 12.0. The molecule has 4 nitrogen and oxygen atoms in total. The SMILES string of the molecule is CC(C)CCn1c(-c2ccc(N(C)C)cc2)nc2ccccc2c1=O. The molecule has 2 aromatic carbocycles. The summed E-state index contributed by atoms with van der Waals surface area (Å²) in [4.78, 5) is 19.9. The van der Waals surface area contributed by atoms with Gasteiger partial charge in [-0.25, -0.2) is 4.98 Å². The van der Waals surface area contributed by atoms with Crippen molar-refractivity contribution in [3.8, 4) is 11.4 Å². The Bertz CT molecular complexity index is 924. The molecule has 130 valence electrons. The summed E-state index contributed by atoms with van der Waals surface area (Å²) >= 11 is 0. The van der Waals surface area contributed by atoms with E-state index in [2.05, 4.69) is 30.9 Å². The molecule has 3 aromatic rings. The van der Waals surface area contributed by atoms with Gasteiger partial charge in [0.1, 0.15) is 5.82 Å². The second-order valence-electron chi connectivity index (χ2n) is 7.03. The second kappa shape index (κ2) is 7.09. The van der Waals surface area contributed by atoms with Crippen molar-refractivity contribution in [2.45, 2.75) is 26.8 Å². The van der Waals surface area contributed by atoms with Crippen LogP contribution < -0.4 is 10.5 Å². The first-order valence-electron chi connectivity index (χ1n) is 8.74. The van der Waals surface area contributed by atoms with Crippen LogP contribution in [0.3, 0.4) is 0 Å². The maximum atomic E-state index is 13.0. The molecule has 1 heterocycles.